The lowest BCUT2D eigenvalue weighted by Crippen LogP contribution is -2.42. The van der Waals surface area contributed by atoms with Crippen molar-refractivity contribution in [2.45, 2.75) is 50.2 Å². The van der Waals surface area contributed by atoms with Crippen LogP contribution < -0.4 is 5.32 Å². The molecule has 2 aliphatic rings. The van der Waals surface area contributed by atoms with Crippen molar-refractivity contribution in [2.75, 3.05) is 11.9 Å². The van der Waals surface area contributed by atoms with Gasteiger partial charge in [0.2, 0.25) is 0 Å². The van der Waals surface area contributed by atoms with Gasteiger partial charge in [-0.3, -0.25) is 4.98 Å². The maximum atomic E-state index is 14.8. The van der Waals surface area contributed by atoms with E-state index in [1.165, 1.54) is 12.8 Å². The Labute approximate surface area is 140 Å². The van der Waals surface area contributed by atoms with Gasteiger partial charge in [-0.2, -0.15) is 0 Å². The number of benzene rings is 1. The molecule has 122 valence electrons. The van der Waals surface area contributed by atoms with Gasteiger partial charge < -0.3 is 10.1 Å². The van der Waals surface area contributed by atoms with Crippen molar-refractivity contribution >= 4 is 28.2 Å². The highest BCUT2D eigenvalue weighted by Crippen LogP contribution is 2.41. The molecular weight excluding hydrogens is 315 g/mol. The van der Waals surface area contributed by atoms with Gasteiger partial charge in [-0.25, -0.2) is 4.39 Å². The second-order valence-electron chi connectivity index (χ2n) is 6.69. The lowest BCUT2D eigenvalue weighted by molar-refractivity contribution is -0.0767. The second-order valence-corrected chi connectivity index (χ2v) is 7.10. The van der Waals surface area contributed by atoms with E-state index in [2.05, 4.69) is 10.3 Å². The highest BCUT2D eigenvalue weighted by Gasteiger charge is 2.40. The molecule has 0 radical (unpaired) electrons. The van der Waals surface area contributed by atoms with Gasteiger partial charge in [-0.15, -0.1) is 0 Å². The molecular formula is C18H20ClFN2O. The summed E-state index contributed by atoms with van der Waals surface area (Å²) in [5.41, 5.74) is 0.850. The molecule has 1 aromatic heterocycles. The van der Waals surface area contributed by atoms with Gasteiger partial charge in [0.1, 0.15) is 5.52 Å². The van der Waals surface area contributed by atoms with Gasteiger partial charge in [-0.05, 0) is 43.9 Å². The molecule has 2 fully saturated rings. The van der Waals surface area contributed by atoms with Crippen molar-refractivity contribution in [2.24, 2.45) is 0 Å². The SMILES string of the molecule is Fc1c(NC2CCOC3(CCCC3)C2)ccc2c(Cl)ccnc12. The van der Waals surface area contributed by atoms with E-state index in [0.717, 1.165) is 32.3 Å². The first-order valence-corrected chi connectivity index (χ1v) is 8.68. The molecule has 0 bridgehead atoms. The van der Waals surface area contributed by atoms with E-state index in [9.17, 15) is 4.39 Å². The summed E-state index contributed by atoms with van der Waals surface area (Å²) in [4.78, 5) is 4.14. The lowest BCUT2D eigenvalue weighted by atomic mass is 9.89. The molecule has 1 spiro atoms. The number of aromatic nitrogens is 1. The van der Waals surface area contributed by atoms with E-state index in [1.807, 2.05) is 6.07 Å². The molecule has 1 atom stereocenters. The topological polar surface area (TPSA) is 34.1 Å². The largest absolute Gasteiger partial charge is 0.380 e. The molecule has 2 heterocycles. The highest BCUT2D eigenvalue weighted by molar-refractivity contribution is 6.35. The Bertz CT molecular complexity index is 730. The minimum atomic E-state index is -0.322. The van der Waals surface area contributed by atoms with Crippen LogP contribution in [0.4, 0.5) is 10.1 Å². The minimum absolute atomic E-state index is 0.0187. The molecule has 1 saturated carbocycles. The molecule has 3 nitrogen and oxygen atoms in total. The highest BCUT2D eigenvalue weighted by atomic mass is 35.5. The van der Waals surface area contributed by atoms with Gasteiger partial charge in [0.15, 0.2) is 5.82 Å². The van der Waals surface area contributed by atoms with Crippen LogP contribution in [0.1, 0.15) is 38.5 Å². The number of anilines is 1. The summed E-state index contributed by atoms with van der Waals surface area (Å²) in [7, 11) is 0. The molecule has 5 heteroatoms. The van der Waals surface area contributed by atoms with Crippen molar-refractivity contribution in [3.8, 4) is 0 Å². The molecule has 23 heavy (non-hydrogen) atoms. The average molecular weight is 335 g/mol. The van der Waals surface area contributed by atoms with Gasteiger partial charge in [0, 0.05) is 24.2 Å². The Kier molecular flexibility index (Phi) is 3.90. The number of fused-ring (bicyclic) bond motifs is 1. The molecule has 1 unspecified atom stereocenters. The maximum Gasteiger partial charge on any atom is 0.172 e. The van der Waals surface area contributed by atoms with Crippen LogP contribution in [0.2, 0.25) is 5.02 Å². The number of hydrogen-bond donors (Lipinski definition) is 1. The molecule has 2 aromatic rings. The van der Waals surface area contributed by atoms with E-state index >= 15 is 0 Å². The van der Waals surface area contributed by atoms with Gasteiger partial charge in [-0.1, -0.05) is 24.4 Å². The Balaban J connectivity index is 1.59. The first kappa shape index (κ1) is 15.2. The van der Waals surface area contributed by atoms with Crippen LogP contribution in [0, 0.1) is 5.82 Å². The number of ether oxygens (including phenoxy) is 1. The monoisotopic (exact) mass is 334 g/mol. The first-order valence-electron chi connectivity index (χ1n) is 8.30. The predicted octanol–water partition coefficient (Wildman–Crippen LogP) is 4.93. The summed E-state index contributed by atoms with van der Waals surface area (Å²) in [6.07, 6.45) is 8.12. The van der Waals surface area contributed by atoms with Crippen molar-refractivity contribution in [1.82, 2.24) is 4.98 Å². The van der Waals surface area contributed by atoms with Gasteiger partial charge in [0.25, 0.3) is 0 Å². The van der Waals surface area contributed by atoms with Gasteiger partial charge >= 0.3 is 0 Å². The third-order valence-corrected chi connectivity index (χ3v) is 5.49. The van der Waals surface area contributed by atoms with E-state index in [0.29, 0.717) is 21.6 Å². The molecule has 1 aromatic carbocycles. The number of hydrogen-bond acceptors (Lipinski definition) is 3. The molecule has 4 rings (SSSR count). The van der Waals surface area contributed by atoms with Crippen LogP contribution in [0.15, 0.2) is 24.4 Å². The standard InChI is InChI=1S/C18H20ClFN2O/c19-14-5-9-21-17-13(14)3-4-15(16(17)20)22-12-6-10-23-18(11-12)7-1-2-8-18/h3-5,9,12,22H,1-2,6-8,10-11H2. The summed E-state index contributed by atoms with van der Waals surface area (Å²) in [5.74, 6) is -0.322. The molecule has 1 saturated heterocycles. The van der Waals surface area contributed by atoms with E-state index in [4.69, 9.17) is 16.3 Å². The lowest BCUT2D eigenvalue weighted by Gasteiger charge is -2.39. The average Bonchev–Trinajstić information content (AvgIpc) is 2.98. The third-order valence-electron chi connectivity index (χ3n) is 5.17. The zero-order valence-electron chi connectivity index (χ0n) is 12.9. The van der Waals surface area contributed by atoms with Crippen LogP contribution in [0.25, 0.3) is 10.9 Å². The van der Waals surface area contributed by atoms with Crippen molar-refractivity contribution in [1.29, 1.82) is 0 Å². The zero-order valence-corrected chi connectivity index (χ0v) is 13.7. The Morgan fingerprint density at radius 1 is 1.26 bits per heavy atom. The fourth-order valence-corrected chi connectivity index (χ4v) is 4.21. The molecule has 1 aliphatic carbocycles. The van der Waals surface area contributed by atoms with E-state index in [1.54, 1.807) is 18.3 Å². The zero-order chi connectivity index (χ0) is 15.9. The van der Waals surface area contributed by atoms with Crippen molar-refractivity contribution in [3.63, 3.8) is 0 Å². The van der Waals surface area contributed by atoms with Crippen LogP contribution in [-0.2, 0) is 4.74 Å². The smallest absolute Gasteiger partial charge is 0.172 e. The Morgan fingerprint density at radius 3 is 2.91 bits per heavy atom. The summed E-state index contributed by atoms with van der Waals surface area (Å²) in [6.45, 7) is 0.747. The van der Waals surface area contributed by atoms with Crippen LogP contribution in [-0.4, -0.2) is 23.2 Å². The summed E-state index contributed by atoms with van der Waals surface area (Å²) < 4.78 is 20.8. The number of rotatable bonds is 2. The first-order chi connectivity index (χ1) is 11.2. The minimum Gasteiger partial charge on any atom is -0.380 e. The Hall–Kier alpha value is -1.39. The molecule has 1 aliphatic heterocycles. The summed E-state index contributed by atoms with van der Waals surface area (Å²) >= 11 is 6.11. The second kappa shape index (κ2) is 5.91. The normalized spacial score (nSPS) is 23.5. The van der Waals surface area contributed by atoms with Crippen molar-refractivity contribution < 1.29 is 9.13 Å². The number of nitrogens with zero attached hydrogens (tertiary/aromatic N) is 1. The van der Waals surface area contributed by atoms with Gasteiger partial charge in [0.05, 0.1) is 16.3 Å². The molecule has 1 N–H and O–H groups in total. The summed E-state index contributed by atoms with van der Waals surface area (Å²) in [6, 6.07) is 5.52. The van der Waals surface area contributed by atoms with E-state index in [-0.39, 0.29) is 17.5 Å². The third kappa shape index (κ3) is 2.79. The quantitative estimate of drug-likeness (QED) is 0.845. The number of nitrogens with one attached hydrogen (secondary N) is 1. The number of halogens is 2. The Morgan fingerprint density at radius 2 is 2.09 bits per heavy atom. The number of pyridine rings is 1. The van der Waals surface area contributed by atoms with Crippen molar-refractivity contribution in [3.05, 3.63) is 35.2 Å². The maximum absolute atomic E-state index is 14.8. The van der Waals surface area contributed by atoms with Crippen LogP contribution in [0.3, 0.4) is 0 Å². The van der Waals surface area contributed by atoms with Crippen LogP contribution >= 0.6 is 11.6 Å². The fourth-order valence-electron chi connectivity index (χ4n) is 4.00. The predicted molar refractivity (Wildman–Crippen MR) is 90.5 cm³/mol. The molecule has 0 amide bonds. The van der Waals surface area contributed by atoms with Crippen LogP contribution in [0.5, 0.6) is 0 Å². The fraction of sp³-hybridized carbons (Fsp3) is 0.500. The summed E-state index contributed by atoms with van der Waals surface area (Å²) in [5, 5.41) is 4.55. The van der Waals surface area contributed by atoms with E-state index < -0.39 is 0 Å².